The van der Waals surface area contributed by atoms with Gasteiger partial charge in [0.1, 0.15) is 11.9 Å². The summed E-state index contributed by atoms with van der Waals surface area (Å²) in [5, 5.41) is 0. The molecule has 1 aromatic rings. The van der Waals surface area contributed by atoms with Crippen LogP contribution in [0.1, 0.15) is 42.5 Å². The lowest BCUT2D eigenvalue weighted by Crippen LogP contribution is -2.46. The maximum absolute atomic E-state index is 12.4. The molecule has 2 fully saturated rings. The largest absolute Gasteiger partial charge is 0.368 e. The average Bonchev–Trinajstić information content (AvgIpc) is 3.15. The van der Waals surface area contributed by atoms with Crippen molar-refractivity contribution in [2.24, 2.45) is 0 Å². The number of pyridine rings is 1. The monoisotopic (exact) mass is 318 g/mol. The van der Waals surface area contributed by atoms with Gasteiger partial charge in [-0.15, -0.1) is 0 Å². The van der Waals surface area contributed by atoms with Crippen LogP contribution in [0.15, 0.2) is 18.3 Å². The third-order valence-corrected chi connectivity index (χ3v) is 4.21. The van der Waals surface area contributed by atoms with Crippen LogP contribution in [0.4, 0.5) is 5.82 Å². The van der Waals surface area contributed by atoms with Crippen LogP contribution in [-0.2, 0) is 9.53 Å². The molecule has 7 heteroatoms. The van der Waals surface area contributed by atoms with Gasteiger partial charge in [0.15, 0.2) is 0 Å². The van der Waals surface area contributed by atoms with Crippen LogP contribution in [0.5, 0.6) is 0 Å². The van der Waals surface area contributed by atoms with Gasteiger partial charge < -0.3 is 9.64 Å². The Hall–Kier alpha value is -2.15. The molecule has 0 spiro atoms. The molecule has 0 aromatic carbocycles. The topological polar surface area (TPSA) is 83.6 Å². The van der Waals surface area contributed by atoms with E-state index in [1.807, 2.05) is 0 Å². The van der Waals surface area contributed by atoms with E-state index in [-0.39, 0.29) is 11.8 Å². The van der Waals surface area contributed by atoms with Gasteiger partial charge in [0.25, 0.3) is 11.8 Å². The predicted molar refractivity (Wildman–Crippen MR) is 84.9 cm³/mol. The molecule has 2 amide bonds. The van der Waals surface area contributed by atoms with E-state index in [1.165, 1.54) is 6.42 Å². The first-order valence-corrected chi connectivity index (χ1v) is 8.17. The molecule has 1 unspecified atom stereocenters. The normalized spacial score (nSPS) is 21.0. The Bertz CT molecular complexity index is 566. The van der Waals surface area contributed by atoms with Crippen molar-refractivity contribution in [1.29, 1.82) is 0 Å². The Morgan fingerprint density at radius 2 is 2.00 bits per heavy atom. The Balaban J connectivity index is 1.63. The summed E-state index contributed by atoms with van der Waals surface area (Å²) < 4.78 is 5.29. The zero-order chi connectivity index (χ0) is 16.1. The summed E-state index contributed by atoms with van der Waals surface area (Å²) in [6.07, 6.45) is 6.20. The van der Waals surface area contributed by atoms with E-state index >= 15 is 0 Å². The fraction of sp³-hybridized carbons (Fsp3) is 0.562. The summed E-state index contributed by atoms with van der Waals surface area (Å²) in [5.74, 6) is 0.0142. The summed E-state index contributed by atoms with van der Waals surface area (Å²) in [6, 6.07) is 3.45. The Kier molecular flexibility index (Phi) is 5.07. The number of carbonyl (C=O) groups is 2. The van der Waals surface area contributed by atoms with E-state index in [4.69, 9.17) is 4.74 Å². The molecule has 0 bridgehead atoms. The van der Waals surface area contributed by atoms with Gasteiger partial charge in [-0.05, 0) is 44.2 Å². The minimum Gasteiger partial charge on any atom is -0.368 e. The molecule has 124 valence electrons. The quantitative estimate of drug-likeness (QED) is 0.813. The molecule has 23 heavy (non-hydrogen) atoms. The predicted octanol–water partition coefficient (Wildman–Crippen LogP) is 1.01. The van der Waals surface area contributed by atoms with Crippen LogP contribution >= 0.6 is 0 Å². The number of hydrazine groups is 1. The number of rotatable bonds is 3. The van der Waals surface area contributed by atoms with Gasteiger partial charge in [0.2, 0.25) is 0 Å². The summed E-state index contributed by atoms with van der Waals surface area (Å²) in [6.45, 7) is 2.40. The molecule has 0 radical (unpaired) electrons. The summed E-state index contributed by atoms with van der Waals surface area (Å²) in [5.41, 5.74) is 5.39. The van der Waals surface area contributed by atoms with Gasteiger partial charge in [0.05, 0.1) is 5.56 Å². The first kappa shape index (κ1) is 15.7. The maximum Gasteiger partial charge on any atom is 0.273 e. The summed E-state index contributed by atoms with van der Waals surface area (Å²) in [7, 11) is 0. The van der Waals surface area contributed by atoms with Gasteiger partial charge in [0, 0.05) is 25.9 Å². The number of amides is 2. The van der Waals surface area contributed by atoms with Gasteiger partial charge in [-0.25, -0.2) is 4.98 Å². The highest BCUT2D eigenvalue weighted by atomic mass is 16.5. The number of nitrogens with zero attached hydrogens (tertiary/aromatic N) is 2. The number of hydrogen-bond acceptors (Lipinski definition) is 5. The fourth-order valence-electron chi connectivity index (χ4n) is 2.98. The van der Waals surface area contributed by atoms with Crippen LogP contribution < -0.4 is 15.8 Å². The third-order valence-electron chi connectivity index (χ3n) is 4.21. The van der Waals surface area contributed by atoms with Crippen LogP contribution in [0.25, 0.3) is 0 Å². The van der Waals surface area contributed by atoms with Crippen LogP contribution in [0.3, 0.4) is 0 Å². The highest BCUT2D eigenvalue weighted by molar-refractivity contribution is 5.99. The van der Waals surface area contributed by atoms with E-state index < -0.39 is 6.10 Å². The molecule has 0 saturated carbocycles. The summed E-state index contributed by atoms with van der Waals surface area (Å²) >= 11 is 0. The minimum atomic E-state index is -0.467. The lowest BCUT2D eigenvalue weighted by Gasteiger charge is -2.29. The number of anilines is 1. The van der Waals surface area contributed by atoms with Crippen molar-refractivity contribution in [3.63, 3.8) is 0 Å². The number of ether oxygens (including phenoxy) is 1. The second kappa shape index (κ2) is 7.41. The average molecular weight is 318 g/mol. The first-order chi connectivity index (χ1) is 11.3. The molecule has 2 N–H and O–H groups in total. The van der Waals surface area contributed by atoms with Gasteiger partial charge in [-0.2, -0.15) is 0 Å². The first-order valence-electron chi connectivity index (χ1n) is 8.17. The van der Waals surface area contributed by atoms with Crippen molar-refractivity contribution in [2.75, 3.05) is 24.6 Å². The number of hydrogen-bond donors (Lipinski definition) is 2. The van der Waals surface area contributed by atoms with Crippen molar-refractivity contribution in [2.45, 2.75) is 38.2 Å². The molecule has 2 saturated heterocycles. The van der Waals surface area contributed by atoms with Crippen molar-refractivity contribution >= 4 is 17.6 Å². The standard InChI is InChI=1S/C16H22N4O3/c21-15(18-19-16(22)13-7-5-11-23-13)12-6-4-8-17-14(12)20-9-2-1-3-10-20/h4,6,8,13H,1-3,5,7,9-11H2,(H,18,21)(H,19,22). The number of piperidine rings is 1. The van der Waals surface area contributed by atoms with Crippen LogP contribution in [-0.4, -0.2) is 42.6 Å². The van der Waals surface area contributed by atoms with Crippen molar-refractivity contribution in [1.82, 2.24) is 15.8 Å². The highest BCUT2D eigenvalue weighted by Crippen LogP contribution is 2.21. The van der Waals surface area contributed by atoms with Gasteiger partial charge >= 0.3 is 0 Å². The van der Waals surface area contributed by atoms with Crippen molar-refractivity contribution in [3.05, 3.63) is 23.9 Å². The fourth-order valence-corrected chi connectivity index (χ4v) is 2.98. The Morgan fingerprint density at radius 1 is 1.17 bits per heavy atom. The van der Waals surface area contributed by atoms with E-state index in [9.17, 15) is 9.59 Å². The third kappa shape index (κ3) is 3.79. The van der Waals surface area contributed by atoms with E-state index in [2.05, 4.69) is 20.7 Å². The SMILES string of the molecule is O=C(NNC(=O)C1CCCO1)c1cccnc1N1CCCCC1. The second-order valence-corrected chi connectivity index (χ2v) is 5.87. The molecule has 2 aliphatic heterocycles. The second-order valence-electron chi connectivity index (χ2n) is 5.87. The van der Waals surface area contributed by atoms with Crippen molar-refractivity contribution < 1.29 is 14.3 Å². The molecular formula is C16H22N4O3. The number of nitrogens with one attached hydrogen (secondary N) is 2. The number of carbonyl (C=O) groups excluding carboxylic acids is 2. The lowest BCUT2D eigenvalue weighted by atomic mass is 10.1. The number of aromatic nitrogens is 1. The van der Waals surface area contributed by atoms with E-state index in [0.29, 0.717) is 24.4 Å². The molecule has 1 aromatic heterocycles. The smallest absolute Gasteiger partial charge is 0.273 e. The van der Waals surface area contributed by atoms with Gasteiger partial charge in [-0.3, -0.25) is 20.4 Å². The molecule has 1 atom stereocenters. The Labute approximate surface area is 135 Å². The molecule has 7 nitrogen and oxygen atoms in total. The molecule has 3 heterocycles. The summed E-state index contributed by atoms with van der Waals surface area (Å²) in [4.78, 5) is 30.8. The maximum atomic E-state index is 12.4. The van der Waals surface area contributed by atoms with Crippen molar-refractivity contribution in [3.8, 4) is 0 Å². The molecule has 0 aliphatic carbocycles. The van der Waals surface area contributed by atoms with E-state index in [0.717, 1.165) is 32.4 Å². The highest BCUT2D eigenvalue weighted by Gasteiger charge is 2.25. The Morgan fingerprint density at radius 3 is 2.74 bits per heavy atom. The van der Waals surface area contributed by atoms with Gasteiger partial charge in [-0.1, -0.05) is 0 Å². The zero-order valence-corrected chi connectivity index (χ0v) is 13.1. The van der Waals surface area contributed by atoms with Crippen LogP contribution in [0.2, 0.25) is 0 Å². The molecular weight excluding hydrogens is 296 g/mol. The van der Waals surface area contributed by atoms with Crippen LogP contribution in [0, 0.1) is 0 Å². The van der Waals surface area contributed by atoms with E-state index in [1.54, 1.807) is 18.3 Å². The molecule has 2 aliphatic rings. The zero-order valence-electron chi connectivity index (χ0n) is 13.1. The molecule has 3 rings (SSSR count). The minimum absolute atomic E-state index is 0.306. The lowest BCUT2D eigenvalue weighted by molar-refractivity contribution is -0.130.